The second-order valence-corrected chi connectivity index (χ2v) is 5.82. The number of Topliss-reactive ketones (excluding diaryl/α,β-unsaturated/α-hetero) is 1. The van der Waals surface area contributed by atoms with Crippen LogP contribution in [0.2, 0.25) is 0 Å². The number of carbonyl (C=O) groups excluding carboxylic acids is 1. The third-order valence-electron chi connectivity index (χ3n) is 2.44. The smallest absolute Gasteiger partial charge is 0.324 e. The molecule has 0 bridgehead atoms. The minimum absolute atomic E-state index is 0.195. The predicted octanol–water partition coefficient (Wildman–Crippen LogP) is 3.01. The van der Waals surface area contributed by atoms with Crippen LogP contribution >= 0.6 is 7.60 Å². The highest BCUT2D eigenvalue weighted by Crippen LogP contribution is 2.44. The van der Waals surface area contributed by atoms with Gasteiger partial charge in [-0.1, -0.05) is 19.1 Å². The van der Waals surface area contributed by atoms with E-state index in [2.05, 4.69) is 0 Å². The summed E-state index contributed by atoms with van der Waals surface area (Å²) in [5.74, 6) is -1.44. The standard InChI is InChI=1S/C12H16FO4P/c1-3-9(2)17-18(15,16)8-12(14)10-6-4-5-7-11(10)13/h4-7,9H,3,8H2,1-2H3,(H,15,16). The molecule has 0 aromatic heterocycles. The summed E-state index contributed by atoms with van der Waals surface area (Å²) in [4.78, 5) is 21.2. The average molecular weight is 274 g/mol. The van der Waals surface area contributed by atoms with Crippen molar-refractivity contribution >= 4 is 13.4 Å². The fourth-order valence-corrected chi connectivity index (χ4v) is 2.67. The highest BCUT2D eigenvalue weighted by atomic mass is 31.2. The number of carbonyl (C=O) groups is 1. The topological polar surface area (TPSA) is 63.6 Å². The summed E-state index contributed by atoms with van der Waals surface area (Å²) in [5, 5.41) is 0. The first-order valence-corrected chi connectivity index (χ1v) is 7.40. The maximum atomic E-state index is 13.3. The van der Waals surface area contributed by atoms with Crippen LogP contribution in [0.5, 0.6) is 0 Å². The van der Waals surface area contributed by atoms with Crippen molar-refractivity contribution in [1.82, 2.24) is 0 Å². The Morgan fingerprint density at radius 2 is 2.11 bits per heavy atom. The van der Waals surface area contributed by atoms with Crippen molar-refractivity contribution in [2.24, 2.45) is 0 Å². The van der Waals surface area contributed by atoms with Crippen LogP contribution in [0.25, 0.3) is 0 Å². The van der Waals surface area contributed by atoms with Gasteiger partial charge in [-0.05, 0) is 25.5 Å². The molecule has 0 aliphatic rings. The second kappa shape index (κ2) is 6.23. The van der Waals surface area contributed by atoms with E-state index in [0.29, 0.717) is 6.42 Å². The summed E-state index contributed by atoms with van der Waals surface area (Å²) in [6, 6.07) is 5.35. The highest BCUT2D eigenvalue weighted by Gasteiger charge is 2.27. The zero-order chi connectivity index (χ0) is 13.8. The van der Waals surface area contributed by atoms with Gasteiger partial charge in [0, 0.05) is 0 Å². The lowest BCUT2D eigenvalue weighted by atomic mass is 10.1. The van der Waals surface area contributed by atoms with E-state index in [-0.39, 0.29) is 5.56 Å². The molecule has 0 saturated heterocycles. The molecule has 0 heterocycles. The molecule has 4 nitrogen and oxygen atoms in total. The van der Waals surface area contributed by atoms with Gasteiger partial charge in [0.2, 0.25) is 0 Å². The Morgan fingerprint density at radius 1 is 1.50 bits per heavy atom. The minimum atomic E-state index is -4.02. The van der Waals surface area contributed by atoms with Crippen molar-refractivity contribution in [2.45, 2.75) is 26.4 Å². The molecule has 1 N–H and O–H groups in total. The van der Waals surface area contributed by atoms with Crippen LogP contribution in [0.15, 0.2) is 24.3 Å². The van der Waals surface area contributed by atoms with E-state index in [1.165, 1.54) is 18.2 Å². The van der Waals surface area contributed by atoms with E-state index < -0.39 is 31.5 Å². The molecule has 0 aliphatic heterocycles. The lowest BCUT2D eigenvalue weighted by Crippen LogP contribution is -2.13. The quantitative estimate of drug-likeness (QED) is 0.639. The Labute approximate surface area is 105 Å². The van der Waals surface area contributed by atoms with E-state index in [0.717, 1.165) is 6.07 Å². The van der Waals surface area contributed by atoms with Gasteiger partial charge < -0.3 is 9.42 Å². The van der Waals surface area contributed by atoms with Gasteiger partial charge in [-0.3, -0.25) is 9.36 Å². The van der Waals surface area contributed by atoms with Crippen LogP contribution in [-0.2, 0) is 9.09 Å². The molecule has 0 fully saturated rings. The number of hydrogen-bond donors (Lipinski definition) is 1. The van der Waals surface area contributed by atoms with Crippen molar-refractivity contribution in [3.8, 4) is 0 Å². The lowest BCUT2D eigenvalue weighted by Gasteiger charge is -2.16. The van der Waals surface area contributed by atoms with E-state index in [1.807, 2.05) is 0 Å². The van der Waals surface area contributed by atoms with Crippen LogP contribution in [-0.4, -0.2) is 22.9 Å². The summed E-state index contributed by atoms with van der Waals surface area (Å²) >= 11 is 0. The average Bonchev–Trinajstić information content (AvgIpc) is 2.27. The van der Waals surface area contributed by atoms with Crippen molar-refractivity contribution in [3.63, 3.8) is 0 Å². The number of ketones is 1. The van der Waals surface area contributed by atoms with Crippen LogP contribution in [0.1, 0.15) is 30.6 Å². The summed E-state index contributed by atoms with van der Waals surface area (Å²) in [5.41, 5.74) is -0.195. The zero-order valence-electron chi connectivity index (χ0n) is 10.3. The molecule has 2 unspecified atom stereocenters. The van der Waals surface area contributed by atoms with E-state index in [4.69, 9.17) is 4.52 Å². The predicted molar refractivity (Wildman–Crippen MR) is 66.3 cm³/mol. The van der Waals surface area contributed by atoms with Gasteiger partial charge in [-0.15, -0.1) is 0 Å². The maximum Gasteiger partial charge on any atom is 0.336 e. The Balaban J connectivity index is 2.76. The fraction of sp³-hybridized carbons (Fsp3) is 0.417. The molecule has 1 rings (SSSR count). The largest absolute Gasteiger partial charge is 0.336 e. The van der Waals surface area contributed by atoms with Gasteiger partial charge in [0.1, 0.15) is 12.0 Å². The fourth-order valence-electron chi connectivity index (χ4n) is 1.35. The van der Waals surface area contributed by atoms with Crippen molar-refractivity contribution < 1.29 is 23.2 Å². The number of hydrogen-bond acceptors (Lipinski definition) is 3. The number of rotatable bonds is 6. The molecule has 0 radical (unpaired) electrons. The molecule has 2 atom stereocenters. The van der Waals surface area contributed by atoms with E-state index in [1.54, 1.807) is 13.8 Å². The first-order chi connectivity index (χ1) is 8.35. The molecule has 6 heteroatoms. The summed E-state index contributed by atoms with van der Waals surface area (Å²) < 4.78 is 29.9. The minimum Gasteiger partial charge on any atom is -0.324 e. The van der Waals surface area contributed by atoms with Gasteiger partial charge >= 0.3 is 7.60 Å². The SMILES string of the molecule is CCC(C)OP(=O)(O)CC(=O)c1ccccc1F. The monoisotopic (exact) mass is 274 g/mol. The molecule has 0 saturated carbocycles. The van der Waals surface area contributed by atoms with Crippen LogP contribution < -0.4 is 0 Å². The van der Waals surface area contributed by atoms with Gasteiger partial charge in [-0.25, -0.2) is 4.39 Å². The van der Waals surface area contributed by atoms with Crippen LogP contribution in [0.4, 0.5) is 4.39 Å². The number of benzene rings is 1. The molecule has 0 spiro atoms. The molecule has 100 valence electrons. The Bertz CT molecular complexity index is 475. The third-order valence-corrected chi connectivity index (χ3v) is 3.81. The van der Waals surface area contributed by atoms with Crippen molar-refractivity contribution in [2.75, 3.05) is 6.16 Å². The normalized spacial score (nSPS) is 16.0. The van der Waals surface area contributed by atoms with Gasteiger partial charge in [-0.2, -0.15) is 0 Å². The van der Waals surface area contributed by atoms with Crippen molar-refractivity contribution in [1.29, 1.82) is 0 Å². The van der Waals surface area contributed by atoms with Crippen molar-refractivity contribution in [3.05, 3.63) is 35.6 Å². The first kappa shape index (κ1) is 15.0. The first-order valence-electron chi connectivity index (χ1n) is 5.63. The zero-order valence-corrected chi connectivity index (χ0v) is 11.2. The highest BCUT2D eigenvalue weighted by molar-refractivity contribution is 7.53. The summed E-state index contributed by atoms with van der Waals surface area (Å²) in [6.07, 6.45) is -0.578. The third kappa shape index (κ3) is 4.33. The Morgan fingerprint density at radius 3 is 2.67 bits per heavy atom. The molecule has 0 aliphatic carbocycles. The van der Waals surface area contributed by atoms with Crippen LogP contribution in [0, 0.1) is 5.82 Å². The number of halogens is 1. The molecular weight excluding hydrogens is 258 g/mol. The molecule has 1 aromatic carbocycles. The van der Waals surface area contributed by atoms with Gasteiger partial charge in [0.05, 0.1) is 11.7 Å². The van der Waals surface area contributed by atoms with Gasteiger partial charge in [0.15, 0.2) is 5.78 Å². The maximum absolute atomic E-state index is 13.3. The Hall–Kier alpha value is -1.03. The second-order valence-electron chi connectivity index (χ2n) is 4.02. The lowest BCUT2D eigenvalue weighted by molar-refractivity contribution is 0.1000. The molecule has 18 heavy (non-hydrogen) atoms. The van der Waals surface area contributed by atoms with Crippen LogP contribution in [0.3, 0.4) is 0 Å². The molecule has 1 aromatic rings. The molecule has 0 amide bonds. The van der Waals surface area contributed by atoms with E-state index >= 15 is 0 Å². The molecular formula is C12H16FO4P. The van der Waals surface area contributed by atoms with E-state index in [9.17, 15) is 18.6 Å². The Kier molecular flexibility index (Phi) is 5.20. The summed E-state index contributed by atoms with van der Waals surface area (Å²) in [6.45, 7) is 3.43. The summed E-state index contributed by atoms with van der Waals surface area (Å²) in [7, 11) is -4.02. The van der Waals surface area contributed by atoms with Gasteiger partial charge in [0.25, 0.3) is 0 Å².